The van der Waals surface area contributed by atoms with Gasteiger partial charge in [-0.2, -0.15) is 13.2 Å². The topological polar surface area (TPSA) is 71.8 Å². The van der Waals surface area contributed by atoms with Crippen LogP contribution in [0.15, 0.2) is 18.2 Å². The molecular formula is C18H19F4N5O. The van der Waals surface area contributed by atoms with Crippen molar-refractivity contribution in [3.8, 4) is 0 Å². The summed E-state index contributed by atoms with van der Waals surface area (Å²) < 4.78 is 54.7. The summed E-state index contributed by atoms with van der Waals surface area (Å²) in [5.41, 5.74) is -0.448. The summed E-state index contributed by atoms with van der Waals surface area (Å²) in [5.74, 6) is -1.03. The van der Waals surface area contributed by atoms with Gasteiger partial charge in [0.25, 0.3) is 0 Å². The molecule has 1 saturated heterocycles. The second kappa shape index (κ2) is 6.26. The SMILES string of the molecule is CC1NC(=O)CC(c2nnn3c2CCC3(C)c2ccc(C(F)(F)F)cc2F)N1. The molecule has 4 rings (SSSR count). The third-order valence-corrected chi connectivity index (χ3v) is 5.53. The largest absolute Gasteiger partial charge is 0.416 e. The average molecular weight is 397 g/mol. The third-order valence-electron chi connectivity index (χ3n) is 5.53. The van der Waals surface area contributed by atoms with Crippen LogP contribution in [0.1, 0.15) is 55.2 Å². The minimum Gasteiger partial charge on any atom is -0.341 e. The maximum atomic E-state index is 14.6. The fourth-order valence-corrected chi connectivity index (χ4v) is 4.12. The highest BCUT2D eigenvalue weighted by molar-refractivity contribution is 5.77. The Morgan fingerprint density at radius 1 is 1.32 bits per heavy atom. The lowest BCUT2D eigenvalue weighted by molar-refractivity contribution is -0.137. The highest BCUT2D eigenvalue weighted by Gasteiger charge is 2.43. The number of hydrogen-bond acceptors (Lipinski definition) is 4. The number of hydrogen-bond donors (Lipinski definition) is 2. The van der Waals surface area contributed by atoms with Crippen molar-refractivity contribution in [1.82, 2.24) is 25.6 Å². The van der Waals surface area contributed by atoms with E-state index < -0.39 is 23.1 Å². The number of aromatic nitrogens is 3. The van der Waals surface area contributed by atoms with Crippen LogP contribution in [0.25, 0.3) is 0 Å². The van der Waals surface area contributed by atoms with Gasteiger partial charge in [-0.1, -0.05) is 11.3 Å². The van der Waals surface area contributed by atoms with Crippen LogP contribution in [0.4, 0.5) is 17.6 Å². The third kappa shape index (κ3) is 2.95. The smallest absolute Gasteiger partial charge is 0.341 e. The molecule has 150 valence electrons. The van der Waals surface area contributed by atoms with E-state index in [4.69, 9.17) is 0 Å². The van der Waals surface area contributed by atoms with Gasteiger partial charge in [0.15, 0.2) is 0 Å². The summed E-state index contributed by atoms with van der Waals surface area (Å²) in [4.78, 5) is 11.8. The van der Waals surface area contributed by atoms with E-state index in [1.165, 1.54) is 6.07 Å². The lowest BCUT2D eigenvalue weighted by atomic mass is 9.89. The van der Waals surface area contributed by atoms with Crippen molar-refractivity contribution in [2.75, 3.05) is 0 Å². The van der Waals surface area contributed by atoms with Crippen LogP contribution in [0.5, 0.6) is 0 Å². The van der Waals surface area contributed by atoms with Gasteiger partial charge in [-0.25, -0.2) is 9.07 Å². The Kier molecular flexibility index (Phi) is 4.22. The molecule has 0 aliphatic carbocycles. The Hall–Kier alpha value is -2.49. The molecule has 0 radical (unpaired) electrons. The van der Waals surface area contributed by atoms with E-state index in [-0.39, 0.29) is 30.1 Å². The quantitative estimate of drug-likeness (QED) is 0.765. The number of nitrogens with one attached hydrogen (secondary N) is 2. The van der Waals surface area contributed by atoms with Gasteiger partial charge in [-0.3, -0.25) is 10.1 Å². The van der Waals surface area contributed by atoms with E-state index in [1.54, 1.807) is 11.6 Å². The van der Waals surface area contributed by atoms with Gasteiger partial charge in [0.1, 0.15) is 11.5 Å². The number of amides is 1. The number of carbonyl (C=O) groups excluding carboxylic acids is 1. The molecule has 10 heteroatoms. The molecule has 0 spiro atoms. The van der Waals surface area contributed by atoms with Crippen molar-refractivity contribution in [3.05, 3.63) is 46.5 Å². The van der Waals surface area contributed by atoms with Gasteiger partial charge in [-0.05, 0) is 38.8 Å². The van der Waals surface area contributed by atoms with E-state index in [2.05, 4.69) is 20.9 Å². The first-order valence-corrected chi connectivity index (χ1v) is 8.97. The number of halogens is 4. The van der Waals surface area contributed by atoms with Gasteiger partial charge in [0.05, 0.1) is 29.0 Å². The number of nitrogens with zero attached hydrogens (tertiary/aromatic N) is 3. The Morgan fingerprint density at radius 3 is 2.71 bits per heavy atom. The van der Waals surface area contributed by atoms with Crippen LogP contribution in [0.2, 0.25) is 0 Å². The lowest BCUT2D eigenvalue weighted by Gasteiger charge is -2.28. The maximum Gasteiger partial charge on any atom is 0.416 e. The van der Waals surface area contributed by atoms with Crippen molar-refractivity contribution >= 4 is 5.91 Å². The zero-order chi connectivity index (χ0) is 20.3. The van der Waals surface area contributed by atoms with E-state index >= 15 is 0 Å². The number of fused-ring (bicyclic) bond motifs is 1. The molecule has 1 amide bonds. The second-order valence-corrected chi connectivity index (χ2v) is 7.51. The van der Waals surface area contributed by atoms with E-state index in [0.717, 1.165) is 11.8 Å². The first-order chi connectivity index (χ1) is 13.1. The van der Waals surface area contributed by atoms with Crippen molar-refractivity contribution in [2.24, 2.45) is 0 Å². The molecule has 1 aromatic heterocycles. The zero-order valence-electron chi connectivity index (χ0n) is 15.3. The van der Waals surface area contributed by atoms with Gasteiger partial charge in [-0.15, -0.1) is 5.10 Å². The predicted molar refractivity (Wildman–Crippen MR) is 90.6 cm³/mol. The molecule has 3 atom stereocenters. The van der Waals surface area contributed by atoms with Crippen molar-refractivity contribution in [3.63, 3.8) is 0 Å². The zero-order valence-corrected chi connectivity index (χ0v) is 15.3. The molecule has 2 N–H and O–H groups in total. The highest BCUT2D eigenvalue weighted by atomic mass is 19.4. The van der Waals surface area contributed by atoms with Crippen LogP contribution in [-0.2, 0) is 22.9 Å². The van der Waals surface area contributed by atoms with Crippen molar-refractivity contribution in [2.45, 2.75) is 57.0 Å². The monoisotopic (exact) mass is 397 g/mol. The van der Waals surface area contributed by atoms with Crippen LogP contribution in [0, 0.1) is 5.82 Å². The summed E-state index contributed by atoms with van der Waals surface area (Å²) in [5, 5.41) is 14.4. The molecule has 6 nitrogen and oxygen atoms in total. The predicted octanol–water partition coefficient (Wildman–Crippen LogP) is 2.64. The van der Waals surface area contributed by atoms with Crippen LogP contribution >= 0.6 is 0 Å². The summed E-state index contributed by atoms with van der Waals surface area (Å²) >= 11 is 0. The Labute approximate surface area is 158 Å². The first-order valence-electron chi connectivity index (χ1n) is 8.97. The molecular weight excluding hydrogens is 378 g/mol. The summed E-state index contributed by atoms with van der Waals surface area (Å²) in [6, 6.07) is 2.26. The van der Waals surface area contributed by atoms with E-state index in [0.29, 0.717) is 24.6 Å². The van der Waals surface area contributed by atoms with E-state index in [9.17, 15) is 22.4 Å². The molecule has 0 saturated carbocycles. The van der Waals surface area contributed by atoms with Crippen LogP contribution in [0.3, 0.4) is 0 Å². The Morgan fingerprint density at radius 2 is 2.07 bits per heavy atom. The molecule has 28 heavy (non-hydrogen) atoms. The van der Waals surface area contributed by atoms with Crippen molar-refractivity contribution < 1.29 is 22.4 Å². The lowest BCUT2D eigenvalue weighted by Crippen LogP contribution is -2.51. The highest BCUT2D eigenvalue weighted by Crippen LogP contribution is 2.41. The Bertz CT molecular complexity index is 941. The van der Waals surface area contributed by atoms with E-state index in [1.807, 2.05) is 6.92 Å². The maximum absolute atomic E-state index is 14.6. The van der Waals surface area contributed by atoms with Gasteiger partial charge < -0.3 is 5.32 Å². The average Bonchev–Trinajstić information content (AvgIpc) is 3.15. The molecule has 1 aromatic carbocycles. The molecule has 0 bridgehead atoms. The minimum absolute atomic E-state index is 0.104. The number of benzene rings is 1. The molecule has 3 heterocycles. The fraction of sp³-hybridized carbons (Fsp3) is 0.500. The summed E-state index contributed by atoms with van der Waals surface area (Å²) in [7, 11) is 0. The Balaban J connectivity index is 1.70. The summed E-state index contributed by atoms with van der Waals surface area (Å²) in [6.45, 7) is 3.55. The molecule has 2 aromatic rings. The van der Waals surface area contributed by atoms with Crippen LogP contribution < -0.4 is 10.6 Å². The molecule has 1 fully saturated rings. The summed E-state index contributed by atoms with van der Waals surface area (Å²) in [6.07, 6.45) is -3.61. The number of rotatable bonds is 2. The molecule has 2 aliphatic rings. The van der Waals surface area contributed by atoms with Gasteiger partial charge in [0, 0.05) is 12.0 Å². The molecule has 2 aliphatic heterocycles. The normalized spacial score (nSPS) is 27.6. The second-order valence-electron chi connectivity index (χ2n) is 7.51. The fourth-order valence-electron chi connectivity index (χ4n) is 4.12. The molecule has 3 unspecified atom stereocenters. The van der Waals surface area contributed by atoms with Crippen molar-refractivity contribution in [1.29, 1.82) is 0 Å². The number of alkyl halides is 3. The standard InChI is InChI=1S/C18H19F4N5O/c1-9-23-13(8-15(28)24-9)16-14-5-6-17(2,27(14)26-25-16)11-4-3-10(7-12(11)19)18(20,21)22/h3-4,7,9,13,23H,5-6,8H2,1-2H3,(H,24,28). The van der Waals surface area contributed by atoms with Gasteiger partial charge >= 0.3 is 6.18 Å². The van der Waals surface area contributed by atoms with Gasteiger partial charge in [0.2, 0.25) is 5.91 Å². The van der Waals surface area contributed by atoms with Crippen LogP contribution in [-0.4, -0.2) is 27.1 Å². The number of carbonyl (C=O) groups is 1. The minimum atomic E-state index is -4.61. The first kappa shape index (κ1) is 18.9.